The first kappa shape index (κ1) is 11.5. The molecule has 3 nitrogen and oxygen atoms in total. The summed E-state index contributed by atoms with van der Waals surface area (Å²) in [5.41, 5.74) is 4.94. The van der Waals surface area contributed by atoms with E-state index in [0.717, 1.165) is 24.3 Å². The maximum absolute atomic E-state index is 12.9. The Hall–Kier alpha value is -1.56. The predicted molar refractivity (Wildman–Crippen MR) is 45.9 cm³/mol. The smallest absolute Gasteiger partial charge is 0.376 e. The van der Waals surface area contributed by atoms with Gasteiger partial charge < -0.3 is 10.8 Å². The van der Waals surface area contributed by atoms with Crippen molar-refractivity contribution in [3.63, 3.8) is 0 Å². The summed E-state index contributed by atoms with van der Waals surface area (Å²) in [6, 6.07) is 1.93. The predicted octanol–water partition coefficient (Wildman–Crippen LogP) is 1.55. The van der Waals surface area contributed by atoms with Gasteiger partial charge in [0.1, 0.15) is 11.9 Å². The summed E-state index contributed by atoms with van der Waals surface area (Å²) in [7, 11) is 0. The second kappa shape index (κ2) is 3.90. The summed E-state index contributed by atoms with van der Waals surface area (Å²) >= 11 is 0. The fraction of sp³-hybridized carbons (Fsp3) is 0.222. The molecule has 1 aromatic rings. The van der Waals surface area contributed by atoms with Gasteiger partial charge in [0.15, 0.2) is 0 Å². The zero-order valence-electron chi connectivity index (χ0n) is 7.45. The molecule has 0 saturated heterocycles. The fourth-order valence-corrected chi connectivity index (χ4v) is 1.01. The summed E-state index contributed by atoms with van der Waals surface area (Å²) in [5, 5.41) is 8.22. The molecule has 0 fully saturated rings. The molecule has 1 rings (SSSR count). The average Bonchev–Trinajstić information content (AvgIpc) is 2.17. The Morgan fingerprint density at radius 3 is 2.20 bits per heavy atom. The van der Waals surface area contributed by atoms with Crippen LogP contribution in [-0.4, -0.2) is 17.0 Å². The topological polar surface area (TPSA) is 63.3 Å². The van der Waals surface area contributed by atoms with Crippen LogP contribution in [-0.2, 0) is 4.79 Å². The Labute approximate surface area is 83.3 Å². The van der Waals surface area contributed by atoms with Gasteiger partial charge in [-0.1, -0.05) is 12.1 Å². The van der Waals surface area contributed by atoms with E-state index in [4.69, 9.17) is 10.8 Å². The Kier molecular flexibility index (Phi) is 2.99. The highest BCUT2D eigenvalue weighted by Gasteiger charge is 2.46. The maximum atomic E-state index is 12.9. The van der Waals surface area contributed by atoms with Crippen LogP contribution in [0.25, 0.3) is 0 Å². The van der Waals surface area contributed by atoms with Gasteiger partial charge in [0.25, 0.3) is 0 Å². The molecule has 0 aliphatic rings. The van der Waals surface area contributed by atoms with Crippen molar-refractivity contribution < 1.29 is 23.1 Å². The lowest BCUT2D eigenvalue weighted by atomic mass is 10.0. The number of halogens is 3. The number of nitrogens with two attached hydrogens (primary N) is 1. The molecule has 6 heteroatoms. The molecule has 0 spiro atoms. The number of carboxylic acids is 1. The Balaban J connectivity index is 2.99. The number of benzene rings is 1. The molecular formula is C9H8F3NO2. The van der Waals surface area contributed by atoms with Gasteiger partial charge in [-0.2, -0.15) is 8.78 Å². The first-order valence-electron chi connectivity index (χ1n) is 3.98. The summed E-state index contributed by atoms with van der Waals surface area (Å²) in [6.45, 7) is 0. The van der Waals surface area contributed by atoms with Crippen LogP contribution >= 0.6 is 0 Å². The minimum Gasteiger partial charge on any atom is -0.477 e. The van der Waals surface area contributed by atoms with Gasteiger partial charge in [0.05, 0.1) is 0 Å². The highest BCUT2D eigenvalue weighted by Crippen LogP contribution is 2.29. The van der Waals surface area contributed by atoms with Crippen LogP contribution in [0.15, 0.2) is 24.3 Å². The van der Waals surface area contributed by atoms with E-state index in [0.29, 0.717) is 0 Å². The second-order valence-corrected chi connectivity index (χ2v) is 2.96. The lowest BCUT2D eigenvalue weighted by Gasteiger charge is -2.19. The van der Waals surface area contributed by atoms with Gasteiger partial charge in [0, 0.05) is 0 Å². The number of carbonyl (C=O) groups is 1. The van der Waals surface area contributed by atoms with Crippen molar-refractivity contribution in [3.8, 4) is 0 Å². The fourth-order valence-electron chi connectivity index (χ4n) is 1.01. The summed E-state index contributed by atoms with van der Waals surface area (Å²) < 4.78 is 38.3. The minimum atomic E-state index is -4.07. The van der Waals surface area contributed by atoms with Gasteiger partial charge >= 0.3 is 11.9 Å². The SMILES string of the molecule is N[C@H](c1ccc(F)cc1)C(F)(F)C(=O)O. The Bertz CT molecular complexity index is 364. The molecule has 0 bridgehead atoms. The zero-order valence-corrected chi connectivity index (χ0v) is 7.45. The van der Waals surface area contributed by atoms with E-state index in [-0.39, 0.29) is 5.56 Å². The molecule has 0 heterocycles. The molecule has 0 aromatic heterocycles. The van der Waals surface area contributed by atoms with E-state index in [2.05, 4.69) is 0 Å². The van der Waals surface area contributed by atoms with E-state index in [1.807, 2.05) is 0 Å². The highest BCUT2D eigenvalue weighted by atomic mass is 19.3. The lowest BCUT2D eigenvalue weighted by Crippen LogP contribution is -2.40. The molecule has 0 saturated carbocycles. The second-order valence-electron chi connectivity index (χ2n) is 2.96. The van der Waals surface area contributed by atoms with Gasteiger partial charge in [-0.3, -0.25) is 0 Å². The van der Waals surface area contributed by atoms with Crippen molar-refractivity contribution in [1.82, 2.24) is 0 Å². The van der Waals surface area contributed by atoms with Crippen molar-refractivity contribution in [2.45, 2.75) is 12.0 Å². The van der Waals surface area contributed by atoms with Crippen molar-refractivity contribution in [3.05, 3.63) is 35.6 Å². The lowest BCUT2D eigenvalue weighted by molar-refractivity contribution is -0.168. The van der Waals surface area contributed by atoms with Crippen LogP contribution in [0.3, 0.4) is 0 Å². The zero-order chi connectivity index (χ0) is 11.6. The molecule has 0 amide bonds. The number of rotatable bonds is 3. The van der Waals surface area contributed by atoms with Crippen molar-refractivity contribution in [2.75, 3.05) is 0 Å². The van der Waals surface area contributed by atoms with Gasteiger partial charge in [-0.05, 0) is 17.7 Å². The number of carboxylic acid groups (broad SMARTS) is 1. The third-order valence-corrected chi connectivity index (χ3v) is 1.90. The van der Waals surface area contributed by atoms with Gasteiger partial charge in [0.2, 0.25) is 0 Å². The van der Waals surface area contributed by atoms with Crippen LogP contribution in [0, 0.1) is 5.82 Å². The van der Waals surface area contributed by atoms with E-state index in [9.17, 15) is 18.0 Å². The van der Waals surface area contributed by atoms with E-state index < -0.39 is 23.8 Å². The maximum Gasteiger partial charge on any atom is 0.376 e. The van der Waals surface area contributed by atoms with Crippen LogP contribution in [0.5, 0.6) is 0 Å². The third kappa shape index (κ3) is 2.27. The molecule has 0 aliphatic carbocycles. The van der Waals surface area contributed by atoms with E-state index >= 15 is 0 Å². The number of aliphatic carboxylic acids is 1. The monoisotopic (exact) mass is 219 g/mol. The molecule has 1 aromatic carbocycles. The quantitative estimate of drug-likeness (QED) is 0.810. The highest BCUT2D eigenvalue weighted by molar-refractivity contribution is 5.76. The van der Waals surface area contributed by atoms with E-state index in [1.54, 1.807) is 0 Å². The van der Waals surface area contributed by atoms with E-state index in [1.165, 1.54) is 0 Å². The number of hydrogen-bond acceptors (Lipinski definition) is 2. The standard InChI is InChI=1S/C9H8F3NO2/c10-6-3-1-5(2-4-6)7(13)9(11,12)8(14)15/h1-4,7H,13H2,(H,14,15)/t7-/m1/s1. The van der Waals surface area contributed by atoms with Crippen molar-refractivity contribution >= 4 is 5.97 Å². The van der Waals surface area contributed by atoms with Crippen LogP contribution < -0.4 is 5.73 Å². The first-order valence-corrected chi connectivity index (χ1v) is 3.98. The largest absolute Gasteiger partial charge is 0.477 e. The summed E-state index contributed by atoms with van der Waals surface area (Å²) in [6.07, 6.45) is 0. The van der Waals surface area contributed by atoms with Gasteiger partial charge in [-0.25, -0.2) is 9.18 Å². The molecule has 0 unspecified atom stereocenters. The first-order chi connectivity index (χ1) is 6.85. The van der Waals surface area contributed by atoms with Gasteiger partial charge in [-0.15, -0.1) is 0 Å². The average molecular weight is 219 g/mol. The Morgan fingerprint density at radius 2 is 1.80 bits per heavy atom. The minimum absolute atomic E-state index is 0.135. The molecule has 1 atom stereocenters. The van der Waals surface area contributed by atoms with Crippen LogP contribution in [0.1, 0.15) is 11.6 Å². The molecular weight excluding hydrogens is 211 g/mol. The Morgan fingerprint density at radius 1 is 1.33 bits per heavy atom. The van der Waals surface area contributed by atoms with Crippen molar-refractivity contribution in [1.29, 1.82) is 0 Å². The summed E-state index contributed by atoms with van der Waals surface area (Å²) in [4.78, 5) is 10.2. The summed E-state index contributed by atoms with van der Waals surface area (Å²) in [5.74, 6) is -6.98. The molecule has 15 heavy (non-hydrogen) atoms. The number of hydrogen-bond donors (Lipinski definition) is 2. The van der Waals surface area contributed by atoms with Crippen LogP contribution in [0.4, 0.5) is 13.2 Å². The van der Waals surface area contributed by atoms with Crippen LogP contribution in [0.2, 0.25) is 0 Å². The normalized spacial score (nSPS) is 13.6. The molecule has 0 aliphatic heterocycles. The molecule has 0 radical (unpaired) electrons. The number of alkyl halides is 2. The third-order valence-electron chi connectivity index (χ3n) is 1.90. The molecule has 3 N–H and O–H groups in total. The van der Waals surface area contributed by atoms with Crippen molar-refractivity contribution in [2.24, 2.45) is 5.73 Å². The molecule has 82 valence electrons.